The number of cyclic esters (lactones) is 1. The van der Waals surface area contributed by atoms with Gasteiger partial charge in [0.1, 0.15) is 23.6 Å². The Morgan fingerprint density at radius 3 is 1.46 bits per heavy atom. The number of ether oxygens (including phenoxy) is 2. The van der Waals surface area contributed by atoms with Crippen LogP contribution < -0.4 is 22.2 Å². The Hall–Kier alpha value is -9.96. The van der Waals surface area contributed by atoms with Gasteiger partial charge in [-0.15, -0.1) is 0 Å². The van der Waals surface area contributed by atoms with E-state index in [1.165, 1.54) is 121 Å². The zero-order valence-electron chi connectivity index (χ0n) is 90.0. The minimum Gasteiger partial charge on any atom is -0.434 e. The van der Waals surface area contributed by atoms with Crippen molar-refractivity contribution >= 4 is 53.0 Å². The molecule has 14 rings (SSSR count). The number of piperidine rings is 6. The number of hydrogen-bond donors (Lipinski definition) is 7. The van der Waals surface area contributed by atoms with Crippen molar-refractivity contribution in [2.75, 3.05) is 132 Å². The number of likely N-dealkylation sites (tertiary alicyclic amines) is 6. The molecule has 0 bridgehead atoms. The van der Waals surface area contributed by atoms with Crippen molar-refractivity contribution in [1.82, 2.24) is 110 Å². The zero-order chi connectivity index (χ0) is 105. The third kappa shape index (κ3) is 44.4. The number of nitrogens with one attached hydrogen (secondary N) is 7. The lowest BCUT2D eigenvalue weighted by Crippen LogP contribution is -2.46. The third-order valence-electron chi connectivity index (χ3n) is 29.6. The van der Waals surface area contributed by atoms with Gasteiger partial charge in [0, 0.05) is 166 Å². The Morgan fingerprint density at radius 1 is 0.500 bits per heavy atom. The number of amides is 4. The Balaban J connectivity index is 0.000000205. The van der Waals surface area contributed by atoms with E-state index in [-0.39, 0.29) is 82.1 Å². The number of morpholine rings is 1. The predicted octanol–water partition coefficient (Wildman–Crippen LogP) is 12.5. The van der Waals surface area contributed by atoms with Gasteiger partial charge in [0.25, 0.3) is 22.9 Å². The van der Waals surface area contributed by atoms with Crippen molar-refractivity contribution in [2.45, 2.75) is 344 Å². The fourth-order valence-electron chi connectivity index (χ4n) is 19.9. The second kappa shape index (κ2) is 63.6. The van der Waals surface area contributed by atoms with Gasteiger partial charge in [-0.1, -0.05) is 0 Å². The molecule has 7 saturated heterocycles. The Bertz CT molecular complexity index is 4890. The average Bonchev–Trinajstić information content (AvgIpc) is 1.77. The number of likely N-dealkylation sites (N-methyl/N-ethyl adjacent to an activating group) is 2. The smallest absolute Gasteiger partial charge is 0.416 e. The standard InChI is InChI=1S/C17H28N2O3.C16H26N2O3.C15H27N5O.C15H26N4O.C15H25N3O3.C14H22N4O.C14H22N2O4/c1-12(2)19-9-8-14(10-13(19)3)4-5-15(20)6-7-16-11-17(21)18-22-16;1-12(2)18-8-5-13(6-9-18)4-7-17(3)16(20)14-10-15(19)21-11-14;1-12(2)20-8-5-13(6-9-20)4-7-19(3)15(21)10-14-11-16-18-17-14;1-12(2)19-8-6-13(7-9-19)4-3-5-15(20)10-14-11-16-18-17-14;1-11(2)18-8-5-12(6-9-18)4-7-17(3)15(20)13-10-14(19)16-21-13;1-11(2)18-7-5-12(6-8-18)17-14(19)4-3-13-9-15-10-16-13;1-10(2)16-6-7-19-11(9-16)4-3-5-12(17)13-8-15-14(18)20-13/h11-14H,4-10H2,1-3H3,(H,18,21);11-13H,4-10H2,1-3H3;11-13H,4-10H2,1-3H3,(H,16,17,18);11-13H,3-10H2,1-2H3,(H,16,17,18);10-12H,4-9H2,1-3H3,(H,16,19);3-4,9-12H,5-8H2,1-2H3,(H,15,16)(H,17,19);8,10-11H,3-7,9H2,1-2H3,(H,15,18)/b;;;;;4-3+;. The number of ketones is 3. The number of aromatic nitrogens is 11. The average molecular weight is 2010 g/mol. The fraction of sp³-hybridized carbons (Fsp3) is 0.736. The molecule has 38 nitrogen and oxygen atoms in total. The van der Waals surface area contributed by atoms with E-state index in [0.717, 1.165) is 160 Å². The summed E-state index contributed by atoms with van der Waals surface area (Å²) >= 11 is 0. The quantitative estimate of drug-likeness (QED) is 0.0107. The van der Waals surface area contributed by atoms with Gasteiger partial charge in [-0.05, 0) is 327 Å². The Morgan fingerprint density at radius 2 is 1.00 bits per heavy atom. The summed E-state index contributed by atoms with van der Waals surface area (Å²) in [4.78, 5) is 159. The fourth-order valence-corrected chi connectivity index (χ4v) is 19.9. The second-order valence-corrected chi connectivity index (χ2v) is 42.5. The SMILES string of the molecule is CC(C)N1CCC(CCC(=O)CCc2cc(=O)[nH]o2)CC1C.CC(C)N1CCC(CCCC(=O)Cc2cn[nH]n2)CC1.CC(C)N1CCC(CCN(C)C(=O)C2=COC(=O)C2)CC1.CC(C)N1CCC(CCN(C)C(=O)Cc2cn[nH]n2)CC1.CC(C)N1CCC(CCN(C)C(=O)c2cc(=O)[nH]o2)CC1.CC(C)N1CCC(NC(=O)/C=C/c2cnc[nH]2)CC1.CC(C)N1CCOC(CCCC(=O)c2c[nH]c(=O)o2)C1. The molecule has 806 valence electrons. The van der Waals surface area contributed by atoms with Crippen LogP contribution in [0.15, 0.2) is 89.0 Å². The molecule has 14 heterocycles. The summed E-state index contributed by atoms with van der Waals surface area (Å²) in [5.41, 5.74) is 2.14. The maximum absolute atomic E-state index is 12.1. The molecule has 8 aliphatic rings. The molecular weight excluding hydrogens is 1840 g/mol. The van der Waals surface area contributed by atoms with Crippen LogP contribution in [0, 0.1) is 29.6 Å². The summed E-state index contributed by atoms with van der Waals surface area (Å²) in [5.74, 6) is 3.60. The van der Waals surface area contributed by atoms with Crippen molar-refractivity contribution in [3.63, 3.8) is 0 Å². The molecule has 38 heteroatoms. The molecule has 4 amide bonds. The van der Waals surface area contributed by atoms with E-state index in [1.54, 1.807) is 61.0 Å². The highest BCUT2D eigenvalue weighted by molar-refractivity contribution is 5.99. The molecule has 3 atom stereocenters. The van der Waals surface area contributed by atoms with E-state index in [2.05, 4.69) is 200 Å². The molecule has 0 spiro atoms. The van der Waals surface area contributed by atoms with Crippen LogP contribution in [0.25, 0.3) is 6.08 Å². The largest absolute Gasteiger partial charge is 0.434 e. The monoisotopic (exact) mass is 2010 g/mol. The lowest BCUT2D eigenvalue weighted by molar-refractivity contribution is -0.136. The van der Waals surface area contributed by atoms with Crippen LogP contribution in [0.5, 0.6) is 0 Å². The van der Waals surface area contributed by atoms with Crippen molar-refractivity contribution < 1.29 is 61.3 Å². The highest BCUT2D eigenvalue weighted by Crippen LogP contribution is 2.31. The van der Waals surface area contributed by atoms with Crippen molar-refractivity contribution in [3.05, 3.63) is 127 Å². The van der Waals surface area contributed by atoms with E-state index in [4.69, 9.17) is 22.9 Å². The molecule has 6 aromatic heterocycles. The van der Waals surface area contributed by atoms with Crippen LogP contribution in [0.3, 0.4) is 0 Å². The first-order valence-corrected chi connectivity index (χ1v) is 53.5. The van der Waals surface area contributed by atoms with Gasteiger partial charge in [-0.3, -0.25) is 62.7 Å². The number of oxazole rings is 1. The minimum atomic E-state index is -0.587. The number of H-pyrrole nitrogens is 6. The summed E-state index contributed by atoms with van der Waals surface area (Å²) in [7, 11) is 5.43. The van der Waals surface area contributed by atoms with Crippen LogP contribution in [-0.4, -0.2) is 345 Å². The normalized spacial score (nSPS) is 19.3. The number of hydrogen-bond acceptors (Lipinski definition) is 28. The molecule has 8 aliphatic heterocycles. The van der Waals surface area contributed by atoms with Crippen LogP contribution in [0.1, 0.15) is 308 Å². The van der Waals surface area contributed by atoms with Crippen molar-refractivity contribution in [2.24, 2.45) is 29.6 Å². The first kappa shape index (κ1) is 119. The van der Waals surface area contributed by atoms with E-state index < -0.39 is 5.76 Å². The van der Waals surface area contributed by atoms with Crippen molar-refractivity contribution in [1.29, 1.82) is 0 Å². The summed E-state index contributed by atoms with van der Waals surface area (Å²) in [5, 5.41) is 27.8. The minimum absolute atomic E-state index is 0.0300. The van der Waals surface area contributed by atoms with Crippen LogP contribution in [0.2, 0.25) is 0 Å². The van der Waals surface area contributed by atoms with Gasteiger partial charge < -0.3 is 72.4 Å². The topological polar surface area (TPSA) is 449 Å². The van der Waals surface area contributed by atoms with Gasteiger partial charge in [0.05, 0.1) is 91.8 Å². The molecular formula is C106H176N22O16. The lowest BCUT2D eigenvalue weighted by Gasteiger charge is -2.40. The highest BCUT2D eigenvalue weighted by Gasteiger charge is 2.33. The number of nitrogens with zero attached hydrogens (tertiary/aromatic N) is 15. The maximum Gasteiger partial charge on any atom is 0.416 e. The first-order valence-electron chi connectivity index (χ1n) is 53.5. The molecule has 144 heavy (non-hydrogen) atoms. The number of rotatable bonds is 40. The number of Topliss-reactive ketones (excluding diaryl/α,β-unsaturated/α-hetero) is 3. The molecule has 7 fully saturated rings. The van der Waals surface area contributed by atoms with E-state index in [1.807, 2.05) is 11.9 Å². The van der Waals surface area contributed by atoms with E-state index in [0.29, 0.717) is 141 Å². The number of imidazole rings is 1. The number of carbonyl (C=O) groups is 8. The maximum atomic E-state index is 12.1. The van der Waals surface area contributed by atoms with Gasteiger partial charge in [0.2, 0.25) is 17.6 Å². The van der Waals surface area contributed by atoms with Crippen LogP contribution in [-0.2, 0) is 57.5 Å². The molecule has 7 N–H and O–H groups in total. The van der Waals surface area contributed by atoms with Gasteiger partial charge >= 0.3 is 11.7 Å². The summed E-state index contributed by atoms with van der Waals surface area (Å²) in [6.07, 6.45) is 38.4. The zero-order valence-corrected chi connectivity index (χ0v) is 90.0. The van der Waals surface area contributed by atoms with E-state index >= 15 is 0 Å². The van der Waals surface area contributed by atoms with Gasteiger partial charge in [0.15, 0.2) is 11.5 Å². The Kier molecular flexibility index (Phi) is 52.6. The number of aryl methyl sites for hydroxylation is 1. The molecule has 0 radical (unpaired) electrons. The third-order valence-corrected chi connectivity index (χ3v) is 29.6. The second-order valence-electron chi connectivity index (χ2n) is 42.5. The van der Waals surface area contributed by atoms with Crippen molar-refractivity contribution in [3.8, 4) is 0 Å². The predicted molar refractivity (Wildman–Crippen MR) is 556 cm³/mol. The van der Waals surface area contributed by atoms with Gasteiger partial charge in [-0.25, -0.2) is 9.78 Å². The van der Waals surface area contributed by atoms with Crippen LogP contribution in [0.4, 0.5) is 0 Å². The number of esters is 1. The van der Waals surface area contributed by atoms with E-state index in [9.17, 15) is 52.7 Å². The molecule has 0 aromatic carbocycles. The highest BCUT2D eigenvalue weighted by atomic mass is 16.5. The summed E-state index contributed by atoms with van der Waals surface area (Å²) in [6, 6.07) is 7.81. The van der Waals surface area contributed by atoms with Gasteiger partial charge in [-0.2, -0.15) is 41.1 Å². The summed E-state index contributed by atoms with van der Waals surface area (Å²) in [6.45, 7) is 51.2. The lowest BCUT2D eigenvalue weighted by atomic mass is 9.86. The summed E-state index contributed by atoms with van der Waals surface area (Å²) < 4.78 is 25.0. The molecule has 0 saturated carbocycles. The number of aromatic amines is 6. The van der Waals surface area contributed by atoms with Crippen LogP contribution >= 0.6 is 0 Å². The first-order chi connectivity index (χ1) is 68.8. The molecule has 6 aromatic rings. The number of carbonyl (C=O) groups excluding carboxylic acids is 8. The molecule has 3 unspecified atom stereocenters. The molecule has 0 aliphatic carbocycles. The Labute approximate surface area is 853 Å².